The molecule has 1 aromatic heterocycles. The number of rotatable bonds is 2. The quantitative estimate of drug-likeness (QED) is 0.898. The summed E-state index contributed by atoms with van der Waals surface area (Å²) in [6.45, 7) is 3.53. The fourth-order valence-electron chi connectivity index (χ4n) is 2.22. The average Bonchev–Trinajstić information content (AvgIpc) is 2.62. The van der Waals surface area contributed by atoms with E-state index in [0.29, 0.717) is 11.4 Å². The van der Waals surface area contributed by atoms with Crippen molar-refractivity contribution in [3.63, 3.8) is 0 Å². The van der Waals surface area contributed by atoms with Crippen molar-refractivity contribution in [1.29, 1.82) is 0 Å². The molecule has 0 unspecified atom stereocenters. The maximum Gasteiger partial charge on any atom is 0.257 e. The topological polar surface area (TPSA) is 48.5 Å². The van der Waals surface area contributed by atoms with Crippen molar-refractivity contribution in [1.82, 2.24) is 14.8 Å². The number of pyridine rings is 1. The zero-order valence-corrected chi connectivity index (χ0v) is 12.9. The number of aromatic nitrogens is 1. The van der Waals surface area contributed by atoms with Crippen molar-refractivity contribution in [3.8, 4) is 0 Å². The summed E-state index contributed by atoms with van der Waals surface area (Å²) in [5.74, 6) is 0.680. The molecule has 5 nitrogen and oxygen atoms in total. The first-order valence-electron chi connectivity index (χ1n) is 6.43. The molecule has 104 valence electrons. The molecule has 0 spiro atoms. The average molecular weight is 327 g/mol. The van der Waals surface area contributed by atoms with Gasteiger partial charge in [0.05, 0.1) is 5.56 Å². The molecule has 1 aliphatic heterocycles. The van der Waals surface area contributed by atoms with Crippen LogP contribution in [0.4, 0.5) is 5.82 Å². The largest absolute Gasteiger partial charge is 0.372 e. The second-order valence-electron chi connectivity index (χ2n) is 4.75. The van der Waals surface area contributed by atoms with Crippen molar-refractivity contribution in [2.45, 2.75) is 6.42 Å². The standard InChI is InChI=1S/C13H19BrN4O/c1-15-12-11(8-10(14)9-16-12)13(19)18-5-3-4-17(2)6-7-18/h8-9H,3-7H2,1-2H3,(H,15,16). The third kappa shape index (κ3) is 3.45. The van der Waals surface area contributed by atoms with E-state index in [1.807, 2.05) is 11.0 Å². The lowest BCUT2D eigenvalue weighted by atomic mass is 10.2. The van der Waals surface area contributed by atoms with Gasteiger partial charge in [-0.2, -0.15) is 0 Å². The monoisotopic (exact) mass is 326 g/mol. The molecule has 6 heteroatoms. The van der Waals surface area contributed by atoms with E-state index >= 15 is 0 Å². The van der Waals surface area contributed by atoms with E-state index in [4.69, 9.17) is 0 Å². The highest BCUT2D eigenvalue weighted by Crippen LogP contribution is 2.20. The van der Waals surface area contributed by atoms with Crippen LogP contribution in [0.5, 0.6) is 0 Å². The van der Waals surface area contributed by atoms with Crippen molar-refractivity contribution in [2.24, 2.45) is 0 Å². The molecule has 0 saturated carbocycles. The lowest BCUT2D eigenvalue weighted by Gasteiger charge is -2.21. The molecule has 1 amide bonds. The molecular formula is C13H19BrN4O. The molecule has 1 saturated heterocycles. The summed E-state index contributed by atoms with van der Waals surface area (Å²) in [7, 11) is 3.87. The lowest BCUT2D eigenvalue weighted by Crippen LogP contribution is -2.35. The van der Waals surface area contributed by atoms with Gasteiger partial charge in [-0.05, 0) is 42.0 Å². The molecule has 0 radical (unpaired) electrons. The van der Waals surface area contributed by atoms with Crippen molar-refractivity contribution >= 4 is 27.7 Å². The van der Waals surface area contributed by atoms with Crippen LogP contribution in [0.15, 0.2) is 16.7 Å². The maximum absolute atomic E-state index is 12.6. The van der Waals surface area contributed by atoms with Gasteiger partial charge in [-0.25, -0.2) is 4.98 Å². The molecule has 1 aromatic rings. The summed E-state index contributed by atoms with van der Waals surface area (Å²) in [6, 6.07) is 1.83. The Labute approximate surface area is 122 Å². The highest BCUT2D eigenvalue weighted by atomic mass is 79.9. The molecule has 19 heavy (non-hydrogen) atoms. The maximum atomic E-state index is 12.6. The van der Waals surface area contributed by atoms with Crippen LogP contribution in [0, 0.1) is 0 Å². The van der Waals surface area contributed by atoms with Gasteiger partial charge in [0.1, 0.15) is 5.82 Å². The molecule has 1 N–H and O–H groups in total. The van der Waals surface area contributed by atoms with Crippen LogP contribution in [0.1, 0.15) is 16.8 Å². The van der Waals surface area contributed by atoms with E-state index in [2.05, 4.69) is 38.2 Å². The normalized spacial score (nSPS) is 17.1. The summed E-state index contributed by atoms with van der Waals surface area (Å²) < 4.78 is 0.821. The first-order valence-corrected chi connectivity index (χ1v) is 7.22. The van der Waals surface area contributed by atoms with Crippen LogP contribution in [-0.2, 0) is 0 Å². The number of hydrogen-bond acceptors (Lipinski definition) is 4. The Hall–Kier alpha value is -1.14. The Morgan fingerprint density at radius 1 is 1.37 bits per heavy atom. The lowest BCUT2D eigenvalue weighted by molar-refractivity contribution is 0.0763. The number of nitrogens with one attached hydrogen (secondary N) is 1. The molecular weight excluding hydrogens is 308 g/mol. The van der Waals surface area contributed by atoms with E-state index in [1.165, 1.54) is 0 Å². The minimum Gasteiger partial charge on any atom is -0.372 e. The van der Waals surface area contributed by atoms with E-state index in [0.717, 1.165) is 37.1 Å². The van der Waals surface area contributed by atoms with Gasteiger partial charge in [-0.15, -0.1) is 0 Å². The zero-order valence-electron chi connectivity index (χ0n) is 11.3. The van der Waals surface area contributed by atoms with E-state index in [1.54, 1.807) is 13.2 Å². The number of amides is 1. The number of halogens is 1. The van der Waals surface area contributed by atoms with Gasteiger partial charge in [-0.1, -0.05) is 0 Å². The summed E-state index contributed by atoms with van der Waals surface area (Å²) in [5.41, 5.74) is 0.626. The number of carbonyl (C=O) groups excluding carboxylic acids is 1. The Morgan fingerprint density at radius 2 is 2.16 bits per heavy atom. The summed E-state index contributed by atoms with van der Waals surface area (Å²) in [6.07, 6.45) is 2.71. The third-order valence-corrected chi connectivity index (χ3v) is 3.76. The number of likely N-dealkylation sites (N-methyl/N-ethyl adjacent to an activating group) is 1. The minimum absolute atomic E-state index is 0.0495. The number of carbonyl (C=O) groups is 1. The van der Waals surface area contributed by atoms with Crippen LogP contribution in [0.25, 0.3) is 0 Å². The zero-order chi connectivity index (χ0) is 13.8. The van der Waals surface area contributed by atoms with E-state index in [9.17, 15) is 4.79 Å². The molecule has 0 aliphatic carbocycles. The molecule has 2 heterocycles. The summed E-state index contributed by atoms with van der Waals surface area (Å²) in [5, 5.41) is 2.98. The summed E-state index contributed by atoms with van der Waals surface area (Å²) >= 11 is 3.37. The smallest absolute Gasteiger partial charge is 0.257 e. The molecule has 2 rings (SSSR count). The third-order valence-electron chi connectivity index (χ3n) is 3.33. The van der Waals surface area contributed by atoms with Crippen LogP contribution in [0.2, 0.25) is 0 Å². The highest BCUT2D eigenvalue weighted by Gasteiger charge is 2.21. The highest BCUT2D eigenvalue weighted by molar-refractivity contribution is 9.10. The predicted molar refractivity (Wildman–Crippen MR) is 79.5 cm³/mol. The number of anilines is 1. The van der Waals surface area contributed by atoms with Crippen LogP contribution < -0.4 is 5.32 Å². The van der Waals surface area contributed by atoms with Crippen molar-refractivity contribution in [2.75, 3.05) is 45.6 Å². The molecule has 0 atom stereocenters. The van der Waals surface area contributed by atoms with Gasteiger partial charge in [-0.3, -0.25) is 4.79 Å². The first-order chi connectivity index (χ1) is 9.11. The van der Waals surface area contributed by atoms with Gasteiger partial charge < -0.3 is 15.1 Å². The second kappa shape index (κ2) is 6.34. The van der Waals surface area contributed by atoms with E-state index < -0.39 is 0 Å². The molecule has 1 aliphatic rings. The van der Waals surface area contributed by atoms with E-state index in [-0.39, 0.29) is 5.91 Å². The van der Waals surface area contributed by atoms with Crippen molar-refractivity contribution in [3.05, 3.63) is 22.3 Å². The number of hydrogen-bond donors (Lipinski definition) is 1. The second-order valence-corrected chi connectivity index (χ2v) is 5.66. The van der Waals surface area contributed by atoms with Crippen LogP contribution in [0.3, 0.4) is 0 Å². The Morgan fingerprint density at radius 3 is 2.89 bits per heavy atom. The Kier molecular flexibility index (Phi) is 4.76. The molecule has 1 fully saturated rings. The molecule has 0 bridgehead atoms. The Balaban J connectivity index is 2.21. The van der Waals surface area contributed by atoms with Gasteiger partial charge in [0.15, 0.2) is 0 Å². The molecule has 0 aromatic carbocycles. The predicted octanol–water partition coefficient (Wildman–Crippen LogP) is 1.66. The SMILES string of the molecule is CNc1ncc(Br)cc1C(=O)N1CCCN(C)CC1. The fraction of sp³-hybridized carbons (Fsp3) is 0.538. The Bertz CT molecular complexity index is 466. The van der Waals surface area contributed by atoms with Crippen LogP contribution in [-0.4, -0.2) is 61.0 Å². The van der Waals surface area contributed by atoms with Gasteiger partial charge in [0, 0.05) is 37.4 Å². The van der Waals surface area contributed by atoms with Gasteiger partial charge in [0.25, 0.3) is 5.91 Å². The van der Waals surface area contributed by atoms with Gasteiger partial charge >= 0.3 is 0 Å². The minimum atomic E-state index is 0.0495. The number of nitrogens with zero attached hydrogens (tertiary/aromatic N) is 3. The van der Waals surface area contributed by atoms with Crippen LogP contribution >= 0.6 is 15.9 Å². The first kappa shape index (κ1) is 14.3. The summed E-state index contributed by atoms with van der Waals surface area (Å²) in [4.78, 5) is 21.0. The van der Waals surface area contributed by atoms with Crippen molar-refractivity contribution < 1.29 is 4.79 Å². The fourth-order valence-corrected chi connectivity index (χ4v) is 2.55. The van der Waals surface area contributed by atoms with Gasteiger partial charge in [0.2, 0.25) is 0 Å².